The number of hydrogen-bond acceptors (Lipinski definition) is 4. The number of anilines is 1. The number of amides is 1. The number of ether oxygens (including phenoxy) is 2. The van der Waals surface area contributed by atoms with Crippen LogP contribution >= 0.6 is 11.6 Å². The molecule has 25 heavy (non-hydrogen) atoms. The molecule has 0 bridgehead atoms. The first kappa shape index (κ1) is 18.5. The summed E-state index contributed by atoms with van der Waals surface area (Å²) in [7, 11) is 1.56. The van der Waals surface area contributed by atoms with E-state index in [4.69, 9.17) is 21.1 Å². The normalized spacial score (nSPS) is 11.8. The minimum atomic E-state index is -0.939. The van der Waals surface area contributed by atoms with Gasteiger partial charge >= 0.3 is 5.97 Å². The van der Waals surface area contributed by atoms with Crippen molar-refractivity contribution in [2.75, 3.05) is 12.4 Å². The predicted octanol–water partition coefficient (Wildman–Crippen LogP) is 3.93. The Morgan fingerprint density at radius 2 is 1.80 bits per heavy atom. The lowest BCUT2D eigenvalue weighted by Gasteiger charge is -2.12. The van der Waals surface area contributed by atoms with Crippen molar-refractivity contribution in [2.45, 2.75) is 13.0 Å². The lowest BCUT2D eigenvalue weighted by Crippen LogP contribution is -2.29. The number of methoxy groups -OCH3 is 1. The van der Waals surface area contributed by atoms with E-state index in [1.54, 1.807) is 55.7 Å². The van der Waals surface area contributed by atoms with Crippen LogP contribution in [0.5, 0.6) is 5.75 Å². The fourth-order valence-corrected chi connectivity index (χ4v) is 2.15. The summed E-state index contributed by atoms with van der Waals surface area (Å²) in [5.74, 6) is -0.371. The Hall–Kier alpha value is -2.79. The highest BCUT2D eigenvalue weighted by Gasteiger charge is 2.16. The Morgan fingerprint density at radius 3 is 2.44 bits per heavy atom. The molecule has 130 valence electrons. The zero-order valence-electron chi connectivity index (χ0n) is 13.9. The number of esters is 1. The van der Waals surface area contributed by atoms with Gasteiger partial charge in [-0.05, 0) is 48.9 Å². The Bertz CT molecular complexity index is 771. The standard InChI is InChI=1S/C19H18ClNO4/c1-13(19(23)21-15-8-10-16(24-2)11-9-15)25-18(22)12-7-14-5-3-4-6-17(14)20/h3-13H,1-2H3,(H,21,23). The minimum absolute atomic E-state index is 0.426. The van der Waals surface area contributed by atoms with Gasteiger partial charge in [-0.1, -0.05) is 29.8 Å². The molecule has 2 aromatic rings. The second-order valence-electron chi connectivity index (χ2n) is 5.15. The summed E-state index contributed by atoms with van der Waals surface area (Å²) in [6.07, 6.45) is 1.84. The van der Waals surface area contributed by atoms with Crippen molar-refractivity contribution in [2.24, 2.45) is 0 Å². The number of halogens is 1. The van der Waals surface area contributed by atoms with Crippen LogP contribution in [-0.2, 0) is 14.3 Å². The summed E-state index contributed by atoms with van der Waals surface area (Å²) in [5, 5.41) is 3.19. The van der Waals surface area contributed by atoms with E-state index in [1.807, 2.05) is 6.07 Å². The second-order valence-corrected chi connectivity index (χ2v) is 5.56. The maximum Gasteiger partial charge on any atom is 0.331 e. The molecule has 0 spiro atoms. The molecule has 2 rings (SSSR count). The zero-order chi connectivity index (χ0) is 18.2. The summed E-state index contributed by atoms with van der Waals surface area (Å²) in [6, 6.07) is 13.9. The molecule has 2 aromatic carbocycles. The van der Waals surface area contributed by atoms with Gasteiger partial charge in [-0.3, -0.25) is 4.79 Å². The van der Waals surface area contributed by atoms with Crippen LogP contribution in [0.1, 0.15) is 12.5 Å². The van der Waals surface area contributed by atoms with Crippen molar-refractivity contribution in [1.29, 1.82) is 0 Å². The molecule has 1 N–H and O–H groups in total. The number of hydrogen-bond donors (Lipinski definition) is 1. The van der Waals surface area contributed by atoms with E-state index in [9.17, 15) is 9.59 Å². The van der Waals surface area contributed by atoms with E-state index >= 15 is 0 Å². The molecule has 0 aliphatic heterocycles. The van der Waals surface area contributed by atoms with Crippen molar-refractivity contribution in [3.8, 4) is 5.75 Å². The zero-order valence-corrected chi connectivity index (χ0v) is 14.6. The van der Waals surface area contributed by atoms with Crippen LogP contribution < -0.4 is 10.1 Å². The molecule has 5 nitrogen and oxygen atoms in total. The molecule has 0 fully saturated rings. The Balaban J connectivity index is 1.89. The second kappa shape index (κ2) is 8.89. The quantitative estimate of drug-likeness (QED) is 0.627. The molecule has 6 heteroatoms. The maximum atomic E-state index is 12.1. The van der Waals surface area contributed by atoms with Gasteiger partial charge in [-0.25, -0.2) is 4.79 Å². The van der Waals surface area contributed by atoms with Gasteiger partial charge in [0.1, 0.15) is 5.75 Å². The first-order chi connectivity index (χ1) is 12.0. The van der Waals surface area contributed by atoms with Crippen molar-refractivity contribution >= 4 is 35.2 Å². The van der Waals surface area contributed by atoms with E-state index in [1.165, 1.54) is 13.0 Å². The third-order valence-electron chi connectivity index (χ3n) is 3.32. The van der Waals surface area contributed by atoms with Gasteiger partial charge < -0.3 is 14.8 Å². The van der Waals surface area contributed by atoms with Gasteiger partial charge in [-0.2, -0.15) is 0 Å². The minimum Gasteiger partial charge on any atom is -0.497 e. The van der Waals surface area contributed by atoms with Gasteiger partial charge in [0.2, 0.25) is 0 Å². The van der Waals surface area contributed by atoms with Crippen molar-refractivity contribution in [1.82, 2.24) is 0 Å². The van der Waals surface area contributed by atoms with Gasteiger partial charge in [0.05, 0.1) is 7.11 Å². The molecule has 1 amide bonds. The van der Waals surface area contributed by atoms with E-state index in [-0.39, 0.29) is 0 Å². The third kappa shape index (κ3) is 5.65. The molecule has 1 unspecified atom stereocenters. The van der Waals surface area contributed by atoms with E-state index in [0.29, 0.717) is 22.0 Å². The number of carbonyl (C=O) groups excluding carboxylic acids is 2. The Kier molecular flexibility index (Phi) is 6.60. The van der Waals surface area contributed by atoms with Crippen LogP contribution in [-0.4, -0.2) is 25.1 Å². The highest BCUT2D eigenvalue weighted by atomic mass is 35.5. The van der Waals surface area contributed by atoms with Gasteiger partial charge in [-0.15, -0.1) is 0 Å². The smallest absolute Gasteiger partial charge is 0.331 e. The molecule has 1 atom stereocenters. The van der Waals surface area contributed by atoms with Gasteiger partial charge in [0, 0.05) is 16.8 Å². The van der Waals surface area contributed by atoms with E-state index in [0.717, 1.165) is 0 Å². The molecule has 0 radical (unpaired) electrons. The van der Waals surface area contributed by atoms with Crippen LogP contribution in [0.4, 0.5) is 5.69 Å². The molecule has 0 aliphatic carbocycles. The first-order valence-corrected chi connectivity index (χ1v) is 7.95. The first-order valence-electron chi connectivity index (χ1n) is 7.57. The van der Waals surface area contributed by atoms with Crippen LogP contribution in [0.15, 0.2) is 54.6 Å². The van der Waals surface area contributed by atoms with Crippen LogP contribution in [0, 0.1) is 0 Å². The number of rotatable bonds is 6. The lowest BCUT2D eigenvalue weighted by molar-refractivity contribution is -0.148. The fraction of sp³-hybridized carbons (Fsp3) is 0.158. The maximum absolute atomic E-state index is 12.1. The molecule has 0 saturated heterocycles. The van der Waals surface area contributed by atoms with Gasteiger partial charge in [0.25, 0.3) is 5.91 Å². The molecule has 0 heterocycles. The average Bonchev–Trinajstić information content (AvgIpc) is 2.61. The van der Waals surface area contributed by atoms with E-state index < -0.39 is 18.0 Å². The predicted molar refractivity (Wildman–Crippen MR) is 97.7 cm³/mol. The third-order valence-corrected chi connectivity index (χ3v) is 3.67. The average molecular weight is 360 g/mol. The topological polar surface area (TPSA) is 64.6 Å². The molecular formula is C19H18ClNO4. The summed E-state index contributed by atoms with van der Waals surface area (Å²) in [4.78, 5) is 23.9. The SMILES string of the molecule is COc1ccc(NC(=O)C(C)OC(=O)C=Cc2ccccc2Cl)cc1. The summed E-state index contributed by atoms with van der Waals surface area (Å²) < 4.78 is 10.1. The Labute approximate surface area is 151 Å². The lowest BCUT2D eigenvalue weighted by atomic mass is 10.2. The highest BCUT2D eigenvalue weighted by Crippen LogP contribution is 2.17. The number of nitrogens with one attached hydrogen (secondary N) is 1. The van der Waals surface area contributed by atoms with E-state index in [2.05, 4.69) is 5.32 Å². The van der Waals surface area contributed by atoms with Crippen molar-refractivity contribution < 1.29 is 19.1 Å². The van der Waals surface area contributed by atoms with Crippen LogP contribution in [0.3, 0.4) is 0 Å². The number of benzene rings is 2. The molecule has 0 aliphatic rings. The molecule has 0 saturated carbocycles. The Morgan fingerprint density at radius 1 is 1.12 bits per heavy atom. The van der Waals surface area contributed by atoms with Crippen LogP contribution in [0.2, 0.25) is 5.02 Å². The monoisotopic (exact) mass is 359 g/mol. The summed E-state index contributed by atoms with van der Waals surface area (Å²) in [5.41, 5.74) is 1.27. The van der Waals surface area contributed by atoms with Crippen molar-refractivity contribution in [3.63, 3.8) is 0 Å². The van der Waals surface area contributed by atoms with Crippen molar-refractivity contribution in [3.05, 3.63) is 65.2 Å². The number of carbonyl (C=O) groups is 2. The summed E-state index contributed by atoms with van der Waals surface area (Å²) in [6.45, 7) is 1.50. The largest absolute Gasteiger partial charge is 0.497 e. The highest BCUT2D eigenvalue weighted by molar-refractivity contribution is 6.32. The molecule has 0 aromatic heterocycles. The molecular weight excluding hydrogens is 342 g/mol. The van der Waals surface area contributed by atoms with Crippen LogP contribution in [0.25, 0.3) is 6.08 Å². The fourth-order valence-electron chi connectivity index (χ4n) is 1.95. The van der Waals surface area contributed by atoms with Gasteiger partial charge in [0.15, 0.2) is 6.10 Å². The summed E-state index contributed by atoms with van der Waals surface area (Å²) >= 11 is 6.00.